The molecule has 13 heavy (non-hydrogen) atoms. The summed E-state index contributed by atoms with van der Waals surface area (Å²) in [4.78, 5) is 21.9. The van der Waals surface area contributed by atoms with Crippen LogP contribution in [0, 0.1) is 0 Å². The lowest BCUT2D eigenvalue weighted by molar-refractivity contribution is -0.137. The molecule has 0 spiro atoms. The van der Waals surface area contributed by atoms with Gasteiger partial charge in [-0.15, -0.1) is 11.3 Å². The van der Waals surface area contributed by atoms with Crippen molar-refractivity contribution in [3.05, 3.63) is 21.3 Å². The second-order valence-electron chi connectivity index (χ2n) is 2.28. The van der Waals surface area contributed by atoms with Crippen molar-refractivity contribution in [2.24, 2.45) is 5.73 Å². The number of aliphatic carboxylic acids is 1. The van der Waals surface area contributed by atoms with Crippen molar-refractivity contribution in [2.75, 3.05) is 0 Å². The summed E-state index contributed by atoms with van der Waals surface area (Å²) in [7, 11) is 0. The first-order chi connectivity index (χ1) is 6.02. The summed E-state index contributed by atoms with van der Waals surface area (Å²) in [6.45, 7) is 0. The number of Topliss-reactive ketones (excluding diaryl/α,β-unsaturated/α-hetero) is 1. The first-order valence-electron chi connectivity index (χ1n) is 3.30. The maximum absolute atomic E-state index is 11.2. The van der Waals surface area contributed by atoms with Crippen LogP contribution in [0.5, 0.6) is 0 Å². The Kier molecular flexibility index (Phi) is 3.02. The highest BCUT2D eigenvalue weighted by Crippen LogP contribution is 2.22. The van der Waals surface area contributed by atoms with E-state index >= 15 is 0 Å². The van der Waals surface area contributed by atoms with E-state index in [1.165, 1.54) is 12.1 Å². The van der Waals surface area contributed by atoms with Gasteiger partial charge in [0.05, 0.1) is 9.21 Å². The van der Waals surface area contributed by atoms with E-state index in [1.807, 2.05) is 0 Å². The molecule has 1 heterocycles. The number of nitrogens with two attached hydrogens (primary N) is 1. The van der Waals surface area contributed by atoms with Crippen molar-refractivity contribution >= 4 is 34.7 Å². The lowest BCUT2D eigenvalue weighted by Gasteiger charge is -2.01. The summed E-state index contributed by atoms with van der Waals surface area (Å²) in [6, 6.07) is 1.47. The van der Waals surface area contributed by atoms with E-state index in [0.29, 0.717) is 4.34 Å². The van der Waals surface area contributed by atoms with Crippen LogP contribution >= 0.6 is 22.9 Å². The van der Waals surface area contributed by atoms with Crippen molar-refractivity contribution < 1.29 is 14.7 Å². The van der Waals surface area contributed by atoms with E-state index in [9.17, 15) is 9.59 Å². The minimum absolute atomic E-state index is 0.264. The number of hydrogen-bond donors (Lipinski definition) is 2. The Morgan fingerprint density at radius 2 is 2.15 bits per heavy atom. The van der Waals surface area contributed by atoms with Crippen LogP contribution in [0.15, 0.2) is 12.1 Å². The van der Waals surface area contributed by atoms with Gasteiger partial charge in [0.15, 0.2) is 6.04 Å². The average Bonchev–Trinajstić information content (AvgIpc) is 2.49. The first-order valence-corrected chi connectivity index (χ1v) is 4.49. The van der Waals surface area contributed by atoms with Crippen LogP contribution in [-0.4, -0.2) is 22.9 Å². The SMILES string of the molecule is NC(C(=O)O)C(=O)c1ccc(Cl)s1. The fourth-order valence-electron chi connectivity index (χ4n) is 0.712. The molecule has 3 N–H and O–H groups in total. The van der Waals surface area contributed by atoms with Crippen LogP contribution < -0.4 is 5.73 Å². The molecule has 0 bridgehead atoms. The summed E-state index contributed by atoms with van der Waals surface area (Å²) >= 11 is 6.58. The summed E-state index contributed by atoms with van der Waals surface area (Å²) in [6.07, 6.45) is 0. The smallest absolute Gasteiger partial charge is 0.328 e. The third kappa shape index (κ3) is 2.27. The second-order valence-corrected chi connectivity index (χ2v) is 4.00. The van der Waals surface area contributed by atoms with E-state index in [1.54, 1.807) is 0 Å². The maximum atomic E-state index is 11.2. The zero-order chi connectivity index (χ0) is 10.0. The molecule has 0 saturated heterocycles. The lowest BCUT2D eigenvalue weighted by Crippen LogP contribution is -2.38. The zero-order valence-electron chi connectivity index (χ0n) is 6.36. The Balaban J connectivity index is 2.85. The summed E-state index contributed by atoms with van der Waals surface area (Å²) < 4.78 is 0.431. The lowest BCUT2D eigenvalue weighted by atomic mass is 10.2. The van der Waals surface area contributed by atoms with Gasteiger partial charge < -0.3 is 10.8 Å². The predicted molar refractivity (Wildman–Crippen MR) is 49.3 cm³/mol. The normalized spacial score (nSPS) is 12.5. The zero-order valence-corrected chi connectivity index (χ0v) is 7.93. The van der Waals surface area contributed by atoms with E-state index in [4.69, 9.17) is 22.4 Å². The van der Waals surface area contributed by atoms with Gasteiger partial charge >= 0.3 is 5.97 Å². The molecule has 0 amide bonds. The van der Waals surface area contributed by atoms with Gasteiger partial charge in [-0.05, 0) is 12.1 Å². The molecule has 1 rings (SSSR count). The molecule has 0 aromatic carbocycles. The van der Waals surface area contributed by atoms with Gasteiger partial charge in [-0.3, -0.25) is 9.59 Å². The molecule has 0 fully saturated rings. The standard InChI is InChI=1S/C7H6ClNO3S/c8-4-2-1-3(13-4)6(10)5(9)7(11)12/h1-2,5H,9H2,(H,11,12). The highest BCUT2D eigenvalue weighted by atomic mass is 35.5. The van der Waals surface area contributed by atoms with Crippen molar-refractivity contribution in [3.8, 4) is 0 Å². The Hall–Kier alpha value is -0.910. The molecule has 1 aromatic heterocycles. The quantitative estimate of drug-likeness (QED) is 0.587. The highest BCUT2D eigenvalue weighted by Gasteiger charge is 2.23. The number of halogens is 1. The third-order valence-electron chi connectivity index (χ3n) is 1.36. The topological polar surface area (TPSA) is 80.4 Å². The van der Waals surface area contributed by atoms with E-state index in [0.717, 1.165) is 11.3 Å². The molecular weight excluding hydrogens is 214 g/mol. The van der Waals surface area contributed by atoms with Gasteiger partial charge in [-0.25, -0.2) is 0 Å². The minimum atomic E-state index is -1.50. The van der Waals surface area contributed by atoms with Crippen molar-refractivity contribution in [2.45, 2.75) is 6.04 Å². The number of carboxylic acids is 1. The van der Waals surface area contributed by atoms with Gasteiger partial charge in [0.1, 0.15) is 0 Å². The number of carboxylic acid groups (broad SMARTS) is 1. The van der Waals surface area contributed by atoms with Gasteiger partial charge in [-0.1, -0.05) is 11.6 Å². The molecule has 0 radical (unpaired) electrons. The average molecular weight is 220 g/mol. The number of hydrogen-bond acceptors (Lipinski definition) is 4. The number of thiophene rings is 1. The monoisotopic (exact) mass is 219 g/mol. The predicted octanol–water partition coefficient (Wildman–Crippen LogP) is 0.996. The molecule has 1 atom stereocenters. The summed E-state index contributed by atoms with van der Waals surface area (Å²) in [5, 5.41) is 8.45. The van der Waals surface area contributed by atoms with Crippen molar-refractivity contribution in [1.82, 2.24) is 0 Å². The van der Waals surface area contributed by atoms with Gasteiger partial charge in [0.2, 0.25) is 5.78 Å². The van der Waals surface area contributed by atoms with Crippen LogP contribution in [0.25, 0.3) is 0 Å². The van der Waals surface area contributed by atoms with Crippen LogP contribution in [0.1, 0.15) is 9.67 Å². The number of carbonyl (C=O) groups excluding carboxylic acids is 1. The van der Waals surface area contributed by atoms with Gasteiger partial charge in [0.25, 0.3) is 0 Å². The molecule has 6 heteroatoms. The number of rotatable bonds is 3. The molecule has 4 nitrogen and oxygen atoms in total. The fraction of sp³-hybridized carbons (Fsp3) is 0.143. The molecular formula is C7H6ClNO3S. The van der Waals surface area contributed by atoms with Crippen molar-refractivity contribution in [1.29, 1.82) is 0 Å². The van der Waals surface area contributed by atoms with Gasteiger partial charge in [0, 0.05) is 0 Å². The fourth-order valence-corrected chi connectivity index (χ4v) is 1.73. The van der Waals surface area contributed by atoms with E-state index in [-0.39, 0.29) is 4.88 Å². The van der Waals surface area contributed by atoms with Crippen molar-refractivity contribution in [3.63, 3.8) is 0 Å². The molecule has 0 saturated carbocycles. The Labute approximate surface area is 82.9 Å². The Bertz CT molecular complexity index is 349. The molecule has 1 aromatic rings. The molecule has 70 valence electrons. The molecule has 0 aliphatic rings. The maximum Gasteiger partial charge on any atom is 0.328 e. The molecule has 0 aliphatic carbocycles. The largest absolute Gasteiger partial charge is 0.480 e. The Morgan fingerprint density at radius 3 is 2.54 bits per heavy atom. The highest BCUT2D eigenvalue weighted by molar-refractivity contribution is 7.18. The van der Waals surface area contributed by atoms with Crippen LogP contribution in [0.2, 0.25) is 4.34 Å². The minimum Gasteiger partial charge on any atom is -0.480 e. The Morgan fingerprint density at radius 1 is 1.54 bits per heavy atom. The molecule has 1 unspecified atom stereocenters. The summed E-state index contributed by atoms with van der Waals surface area (Å²) in [5.74, 6) is -1.96. The number of carbonyl (C=O) groups is 2. The van der Waals surface area contributed by atoms with E-state index < -0.39 is 17.8 Å². The van der Waals surface area contributed by atoms with E-state index in [2.05, 4.69) is 0 Å². The second kappa shape index (κ2) is 3.87. The third-order valence-corrected chi connectivity index (χ3v) is 2.61. The van der Waals surface area contributed by atoms with Crippen LogP contribution in [0.3, 0.4) is 0 Å². The van der Waals surface area contributed by atoms with Crippen LogP contribution in [-0.2, 0) is 4.79 Å². The summed E-state index contributed by atoms with van der Waals surface area (Å²) in [5.41, 5.74) is 5.12. The first kappa shape index (κ1) is 10.2. The van der Waals surface area contributed by atoms with Gasteiger partial charge in [-0.2, -0.15) is 0 Å². The number of ketones is 1. The molecule has 0 aliphatic heterocycles. The van der Waals surface area contributed by atoms with Crippen LogP contribution in [0.4, 0.5) is 0 Å².